The van der Waals surface area contributed by atoms with Crippen LogP contribution in [-0.4, -0.2) is 6.54 Å². The van der Waals surface area contributed by atoms with Crippen molar-refractivity contribution in [3.8, 4) is 0 Å². The van der Waals surface area contributed by atoms with E-state index in [2.05, 4.69) is 5.32 Å². The first kappa shape index (κ1) is 6.14. The Bertz CT molecular complexity index is 67.3. The van der Waals surface area contributed by atoms with Crippen molar-refractivity contribution in [1.29, 1.82) is 0 Å². The van der Waals surface area contributed by atoms with Crippen LogP contribution in [0.1, 0.15) is 6.92 Å². The van der Waals surface area contributed by atoms with E-state index >= 15 is 0 Å². The van der Waals surface area contributed by atoms with Crippen molar-refractivity contribution in [2.45, 2.75) is 6.92 Å². The van der Waals surface area contributed by atoms with Gasteiger partial charge in [-0.25, -0.2) is 0 Å². The standard InChI is InChI=1S/C4H11N3/c1-2-7-4(6)3-5/h3,7H,2,5-6H2,1H3/b4-3-. The van der Waals surface area contributed by atoms with Gasteiger partial charge >= 0.3 is 0 Å². The quantitative estimate of drug-likeness (QED) is 0.431. The van der Waals surface area contributed by atoms with Crippen molar-refractivity contribution in [3.05, 3.63) is 12.0 Å². The fourth-order valence-electron chi connectivity index (χ4n) is 0.263. The molecule has 0 fully saturated rings. The number of nitrogens with two attached hydrogens (primary N) is 2. The van der Waals surface area contributed by atoms with Gasteiger partial charge in [0.1, 0.15) is 5.82 Å². The maximum absolute atomic E-state index is 5.21. The average Bonchev–Trinajstić information content (AvgIpc) is 1.68. The Kier molecular flexibility index (Phi) is 2.92. The lowest BCUT2D eigenvalue weighted by Gasteiger charge is -1.97. The number of hydrogen-bond donors (Lipinski definition) is 3. The molecule has 0 aliphatic heterocycles. The van der Waals surface area contributed by atoms with Crippen LogP contribution in [0.4, 0.5) is 0 Å². The molecule has 0 aromatic carbocycles. The second kappa shape index (κ2) is 3.33. The maximum atomic E-state index is 5.21. The monoisotopic (exact) mass is 101 g/mol. The Labute approximate surface area is 43.4 Å². The Balaban J connectivity index is 3.17. The van der Waals surface area contributed by atoms with Crippen molar-refractivity contribution < 1.29 is 0 Å². The van der Waals surface area contributed by atoms with E-state index in [4.69, 9.17) is 11.5 Å². The second-order valence-corrected chi connectivity index (χ2v) is 1.15. The van der Waals surface area contributed by atoms with Crippen molar-refractivity contribution in [3.63, 3.8) is 0 Å². The second-order valence-electron chi connectivity index (χ2n) is 1.15. The van der Waals surface area contributed by atoms with Crippen molar-refractivity contribution in [1.82, 2.24) is 5.32 Å². The normalized spacial score (nSPS) is 11.3. The molecular formula is C4H11N3. The lowest BCUT2D eigenvalue weighted by Crippen LogP contribution is -2.20. The topological polar surface area (TPSA) is 64.1 Å². The fourth-order valence-corrected chi connectivity index (χ4v) is 0.263. The van der Waals surface area contributed by atoms with Crippen LogP contribution in [0.3, 0.4) is 0 Å². The molecule has 0 saturated heterocycles. The fraction of sp³-hybridized carbons (Fsp3) is 0.500. The molecule has 0 saturated carbocycles. The van der Waals surface area contributed by atoms with E-state index in [1.165, 1.54) is 6.20 Å². The molecule has 0 spiro atoms. The number of hydrogen-bond acceptors (Lipinski definition) is 3. The van der Waals surface area contributed by atoms with Crippen LogP contribution in [0.15, 0.2) is 12.0 Å². The molecule has 0 bridgehead atoms. The summed E-state index contributed by atoms with van der Waals surface area (Å²) >= 11 is 0. The van der Waals surface area contributed by atoms with Gasteiger partial charge in [0.25, 0.3) is 0 Å². The van der Waals surface area contributed by atoms with Crippen LogP contribution in [0.25, 0.3) is 0 Å². The molecule has 0 unspecified atom stereocenters. The minimum atomic E-state index is 0.530. The summed E-state index contributed by atoms with van der Waals surface area (Å²) in [6.45, 7) is 2.77. The van der Waals surface area contributed by atoms with Crippen molar-refractivity contribution >= 4 is 0 Å². The smallest absolute Gasteiger partial charge is 0.112 e. The van der Waals surface area contributed by atoms with Gasteiger partial charge in [0.05, 0.1) is 0 Å². The van der Waals surface area contributed by atoms with Gasteiger partial charge in [0, 0.05) is 12.7 Å². The molecule has 0 heterocycles. The van der Waals surface area contributed by atoms with Crippen LogP contribution in [0.2, 0.25) is 0 Å². The van der Waals surface area contributed by atoms with Crippen LogP contribution in [0, 0.1) is 0 Å². The summed E-state index contributed by atoms with van der Waals surface area (Å²) in [7, 11) is 0. The molecule has 0 amide bonds. The predicted octanol–water partition coefficient (Wildman–Crippen LogP) is -0.688. The maximum Gasteiger partial charge on any atom is 0.112 e. The van der Waals surface area contributed by atoms with Gasteiger partial charge in [-0.3, -0.25) is 0 Å². The molecule has 42 valence electrons. The highest BCUT2D eigenvalue weighted by molar-refractivity contribution is 4.88. The first-order chi connectivity index (χ1) is 3.31. The zero-order chi connectivity index (χ0) is 5.70. The van der Waals surface area contributed by atoms with E-state index in [-0.39, 0.29) is 0 Å². The van der Waals surface area contributed by atoms with Gasteiger partial charge in [0.2, 0.25) is 0 Å². The van der Waals surface area contributed by atoms with Gasteiger partial charge in [-0.2, -0.15) is 0 Å². The van der Waals surface area contributed by atoms with Gasteiger partial charge in [-0.05, 0) is 6.92 Å². The molecule has 0 aromatic heterocycles. The Hall–Kier alpha value is -0.860. The summed E-state index contributed by atoms with van der Waals surface area (Å²) < 4.78 is 0. The minimum Gasteiger partial charge on any atom is -0.402 e. The molecule has 5 N–H and O–H groups in total. The summed E-state index contributed by atoms with van der Waals surface area (Å²) in [5.41, 5.74) is 10.2. The summed E-state index contributed by atoms with van der Waals surface area (Å²) in [5, 5.41) is 2.81. The summed E-state index contributed by atoms with van der Waals surface area (Å²) in [4.78, 5) is 0. The van der Waals surface area contributed by atoms with Gasteiger partial charge < -0.3 is 16.8 Å². The molecule has 0 aliphatic rings. The third kappa shape index (κ3) is 2.96. The van der Waals surface area contributed by atoms with Gasteiger partial charge in [0.15, 0.2) is 0 Å². The summed E-state index contributed by atoms with van der Waals surface area (Å²) in [5.74, 6) is 0.530. The SMILES string of the molecule is CCN/C(N)=C\N. The molecule has 0 aliphatic carbocycles. The summed E-state index contributed by atoms with van der Waals surface area (Å²) in [6, 6.07) is 0. The van der Waals surface area contributed by atoms with Gasteiger partial charge in [-0.1, -0.05) is 0 Å². The lowest BCUT2D eigenvalue weighted by atomic mass is 10.7. The molecule has 0 aromatic rings. The van der Waals surface area contributed by atoms with Crippen LogP contribution >= 0.6 is 0 Å². The van der Waals surface area contributed by atoms with E-state index < -0.39 is 0 Å². The molecule has 0 radical (unpaired) electrons. The third-order valence-electron chi connectivity index (χ3n) is 0.560. The molecule has 3 heteroatoms. The molecule has 7 heavy (non-hydrogen) atoms. The first-order valence-electron chi connectivity index (χ1n) is 2.22. The van der Waals surface area contributed by atoms with Crippen LogP contribution < -0.4 is 16.8 Å². The highest BCUT2D eigenvalue weighted by atomic mass is 15.0. The molecule has 0 rings (SSSR count). The Morgan fingerprint density at radius 1 is 1.86 bits per heavy atom. The van der Waals surface area contributed by atoms with E-state index in [1.54, 1.807) is 0 Å². The minimum absolute atomic E-state index is 0.530. The Morgan fingerprint density at radius 3 is 2.57 bits per heavy atom. The van der Waals surface area contributed by atoms with Crippen LogP contribution in [-0.2, 0) is 0 Å². The summed E-state index contributed by atoms with van der Waals surface area (Å²) in [6.07, 6.45) is 1.34. The van der Waals surface area contributed by atoms with E-state index in [0.29, 0.717) is 5.82 Å². The van der Waals surface area contributed by atoms with E-state index in [1.807, 2.05) is 6.92 Å². The third-order valence-corrected chi connectivity index (χ3v) is 0.560. The zero-order valence-corrected chi connectivity index (χ0v) is 4.44. The predicted molar refractivity (Wildman–Crippen MR) is 30.1 cm³/mol. The highest BCUT2D eigenvalue weighted by Crippen LogP contribution is 1.65. The zero-order valence-electron chi connectivity index (χ0n) is 4.44. The van der Waals surface area contributed by atoms with Gasteiger partial charge in [-0.15, -0.1) is 0 Å². The van der Waals surface area contributed by atoms with Crippen LogP contribution in [0.5, 0.6) is 0 Å². The average molecular weight is 101 g/mol. The highest BCUT2D eigenvalue weighted by Gasteiger charge is 1.76. The molecule has 3 nitrogen and oxygen atoms in total. The molecule has 0 atom stereocenters. The van der Waals surface area contributed by atoms with E-state index in [9.17, 15) is 0 Å². The first-order valence-corrected chi connectivity index (χ1v) is 2.22. The molecular weight excluding hydrogens is 90.1 g/mol. The van der Waals surface area contributed by atoms with Crippen molar-refractivity contribution in [2.24, 2.45) is 11.5 Å². The number of nitrogens with one attached hydrogen (secondary N) is 1. The Morgan fingerprint density at radius 2 is 2.43 bits per heavy atom. The largest absolute Gasteiger partial charge is 0.402 e. The van der Waals surface area contributed by atoms with Crippen molar-refractivity contribution in [2.75, 3.05) is 6.54 Å². The lowest BCUT2D eigenvalue weighted by molar-refractivity contribution is 0.836. The van der Waals surface area contributed by atoms with E-state index in [0.717, 1.165) is 6.54 Å². The number of rotatable bonds is 2.